The summed E-state index contributed by atoms with van der Waals surface area (Å²) in [5.41, 5.74) is 5.26. The first-order valence-corrected chi connectivity index (χ1v) is 8.18. The monoisotopic (exact) mass is 355 g/mol. The standard InChI is InChI=1S/C16H10BrN3S/c17-13-3-1-11(2-4-13)14-9-19-20-15(5-7-18-16(14)20)12-6-8-21-10-12/h1-10H. The number of halogens is 1. The minimum absolute atomic E-state index is 0.876. The van der Waals surface area contributed by atoms with E-state index in [2.05, 4.69) is 55.0 Å². The first-order valence-electron chi connectivity index (χ1n) is 6.44. The summed E-state index contributed by atoms with van der Waals surface area (Å²) in [5, 5.41) is 8.71. The van der Waals surface area contributed by atoms with Crippen LogP contribution >= 0.6 is 27.3 Å². The lowest BCUT2D eigenvalue weighted by atomic mass is 10.1. The summed E-state index contributed by atoms with van der Waals surface area (Å²) >= 11 is 5.14. The van der Waals surface area contributed by atoms with E-state index in [0.29, 0.717) is 0 Å². The average Bonchev–Trinajstić information content (AvgIpc) is 3.17. The lowest BCUT2D eigenvalue weighted by Gasteiger charge is -2.03. The highest BCUT2D eigenvalue weighted by molar-refractivity contribution is 9.10. The molecule has 0 radical (unpaired) electrons. The third kappa shape index (κ3) is 2.18. The third-order valence-electron chi connectivity index (χ3n) is 3.37. The molecule has 21 heavy (non-hydrogen) atoms. The highest BCUT2D eigenvalue weighted by Crippen LogP contribution is 2.28. The molecule has 102 valence electrons. The van der Waals surface area contributed by atoms with Crippen molar-refractivity contribution >= 4 is 32.9 Å². The van der Waals surface area contributed by atoms with Crippen molar-refractivity contribution in [2.24, 2.45) is 0 Å². The Morgan fingerprint density at radius 2 is 1.86 bits per heavy atom. The van der Waals surface area contributed by atoms with E-state index >= 15 is 0 Å². The Balaban J connectivity index is 1.93. The summed E-state index contributed by atoms with van der Waals surface area (Å²) in [5.74, 6) is 0. The fourth-order valence-electron chi connectivity index (χ4n) is 2.35. The maximum atomic E-state index is 4.52. The van der Waals surface area contributed by atoms with Gasteiger partial charge in [0.25, 0.3) is 0 Å². The van der Waals surface area contributed by atoms with Crippen LogP contribution in [0.2, 0.25) is 0 Å². The fourth-order valence-corrected chi connectivity index (χ4v) is 3.27. The van der Waals surface area contributed by atoms with E-state index in [1.54, 1.807) is 11.3 Å². The van der Waals surface area contributed by atoms with Gasteiger partial charge in [-0.25, -0.2) is 9.50 Å². The molecule has 0 spiro atoms. The van der Waals surface area contributed by atoms with Gasteiger partial charge in [-0.3, -0.25) is 0 Å². The second-order valence-electron chi connectivity index (χ2n) is 4.64. The summed E-state index contributed by atoms with van der Waals surface area (Å²) in [7, 11) is 0. The molecule has 0 unspecified atom stereocenters. The molecule has 0 aliphatic heterocycles. The number of thiophene rings is 1. The quantitative estimate of drug-likeness (QED) is 0.512. The average molecular weight is 356 g/mol. The lowest BCUT2D eigenvalue weighted by molar-refractivity contribution is 0.949. The Labute approximate surface area is 134 Å². The van der Waals surface area contributed by atoms with Gasteiger partial charge in [0.15, 0.2) is 5.65 Å². The molecular formula is C16H10BrN3S. The molecule has 4 aromatic rings. The number of hydrogen-bond acceptors (Lipinski definition) is 3. The predicted octanol–water partition coefficient (Wildman–Crippen LogP) is 4.89. The zero-order valence-electron chi connectivity index (χ0n) is 10.9. The van der Waals surface area contributed by atoms with E-state index in [0.717, 1.165) is 32.5 Å². The summed E-state index contributed by atoms with van der Waals surface area (Å²) in [6.07, 6.45) is 3.72. The molecule has 0 bridgehead atoms. The highest BCUT2D eigenvalue weighted by atomic mass is 79.9. The minimum atomic E-state index is 0.876. The highest BCUT2D eigenvalue weighted by Gasteiger charge is 2.11. The van der Waals surface area contributed by atoms with Crippen LogP contribution in [0.1, 0.15) is 0 Å². The van der Waals surface area contributed by atoms with E-state index in [4.69, 9.17) is 0 Å². The minimum Gasteiger partial charge on any atom is -0.236 e. The van der Waals surface area contributed by atoms with Gasteiger partial charge in [0.2, 0.25) is 0 Å². The van der Waals surface area contributed by atoms with Crippen LogP contribution in [-0.4, -0.2) is 14.6 Å². The lowest BCUT2D eigenvalue weighted by Crippen LogP contribution is -1.94. The van der Waals surface area contributed by atoms with Crippen LogP contribution in [-0.2, 0) is 0 Å². The van der Waals surface area contributed by atoms with Crippen LogP contribution in [0, 0.1) is 0 Å². The Morgan fingerprint density at radius 3 is 2.62 bits per heavy atom. The molecule has 4 rings (SSSR count). The smallest absolute Gasteiger partial charge is 0.163 e. The van der Waals surface area contributed by atoms with Crippen molar-refractivity contribution in [1.82, 2.24) is 14.6 Å². The molecule has 0 saturated heterocycles. The van der Waals surface area contributed by atoms with Crippen molar-refractivity contribution in [1.29, 1.82) is 0 Å². The van der Waals surface area contributed by atoms with Gasteiger partial charge in [0.1, 0.15) is 0 Å². The van der Waals surface area contributed by atoms with E-state index < -0.39 is 0 Å². The van der Waals surface area contributed by atoms with E-state index in [1.165, 1.54) is 0 Å². The van der Waals surface area contributed by atoms with Crippen LogP contribution in [0.15, 0.2) is 64.0 Å². The molecule has 0 aliphatic carbocycles. The van der Waals surface area contributed by atoms with Crippen LogP contribution in [0.3, 0.4) is 0 Å². The summed E-state index contributed by atoms with van der Waals surface area (Å²) in [6, 6.07) is 12.3. The first-order chi connectivity index (χ1) is 10.3. The normalized spacial score (nSPS) is 11.1. The SMILES string of the molecule is Brc1ccc(-c2cnn3c(-c4ccsc4)ccnc23)cc1. The zero-order chi connectivity index (χ0) is 14.2. The predicted molar refractivity (Wildman–Crippen MR) is 89.4 cm³/mol. The van der Waals surface area contributed by atoms with Crippen LogP contribution in [0.5, 0.6) is 0 Å². The summed E-state index contributed by atoms with van der Waals surface area (Å²) in [6.45, 7) is 0. The van der Waals surface area contributed by atoms with Gasteiger partial charge in [-0.15, -0.1) is 0 Å². The molecule has 0 fully saturated rings. The molecule has 3 nitrogen and oxygen atoms in total. The van der Waals surface area contributed by atoms with E-state index in [1.807, 2.05) is 35.1 Å². The fraction of sp³-hybridized carbons (Fsp3) is 0. The number of nitrogens with zero attached hydrogens (tertiary/aromatic N) is 3. The topological polar surface area (TPSA) is 30.2 Å². The van der Waals surface area contributed by atoms with Crippen molar-refractivity contribution in [3.8, 4) is 22.4 Å². The number of rotatable bonds is 2. The molecular weight excluding hydrogens is 346 g/mol. The van der Waals surface area contributed by atoms with Gasteiger partial charge in [-0.1, -0.05) is 28.1 Å². The van der Waals surface area contributed by atoms with E-state index in [9.17, 15) is 0 Å². The molecule has 1 aromatic carbocycles. The second-order valence-corrected chi connectivity index (χ2v) is 6.34. The van der Waals surface area contributed by atoms with Gasteiger partial charge in [-0.05, 0) is 35.2 Å². The second kappa shape index (κ2) is 5.09. The van der Waals surface area contributed by atoms with Crippen molar-refractivity contribution < 1.29 is 0 Å². The van der Waals surface area contributed by atoms with Gasteiger partial charge in [0.05, 0.1) is 11.9 Å². The molecule has 0 saturated carbocycles. The number of fused-ring (bicyclic) bond motifs is 1. The van der Waals surface area contributed by atoms with Crippen molar-refractivity contribution in [3.63, 3.8) is 0 Å². The Hall–Kier alpha value is -1.98. The Kier molecular flexibility index (Phi) is 3.09. The zero-order valence-corrected chi connectivity index (χ0v) is 13.3. The molecule has 5 heteroatoms. The van der Waals surface area contributed by atoms with Crippen molar-refractivity contribution in [3.05, 3.63) is 64.0 Å². The van der Waals surface area contributed by atoms with Gasteiger partial charge >= 0.3 is 0 Å². The van der Waals surface area contributed by atoms with Crippen molar-refractivity contribution in [2.45, 2.75) is 0 Å². The maximum absolute atomic E-state index is 4.52. The van der Waals surface area contributed by atoms with Crippen molar-refractivity contribution in [2.75, 3.05) is 0 Å². The van der Waals surface area contributed by atoms with Crippen LogP contribution in [0.25, 0.3) is 28.0 Å². The molecule has 3 aromatic heterocycles. The summed E-state index contributed by atoms with van der Waals surface area (Å²) in [4.78, 5) is 4.50. The number of hydrogen-bond donors (Lipinski definition) is 0. The Bertz CT molecular complexity index is 895. The third-order valence-corrected chi connectivity index (χ3v) is 4.59. The van der Waals surface area contributed by atoms with Crippen LogP contribution < -0.4 is 0 Å². The molecule has 0 amide bonds. The van der Waals surface area contributed by atoms with Gasteiger partial charge in [0, 0.05) is 27.2 Å². The van der Waals surface area contributed by atoms with Gasteiger partial charge < -0.3 is 0 Å². The molecule has 3 heterocycles. The van der Waals surface area contributed by atoms with Gasteiger partial charge in [-0.2, -0.15) is 16.4 Å². The van der Waals surface area contributed by atoms with E-state index in [-0.39, 0.29) is 0 Å². The maximum Gasteiger partial charge on any atom is 0.163 e. The number of benzene rings is 1. The Morgan fingerprint density at radius 1 is 1.00 bits per heavy atom. The number of aromatic nitrogens is 3. The molecule has 0 N–H and O–H groups in total. The molecule has 0 aliphatic rings. The summed E-state index contributed by atoms with van der Waals surface area (Å²) < 4.78 is 2.97. The largest absolute Gasteiger partial charge is 0.236 e. The molecule has 0 atom stereocenters. The first kappa shape index (κ1) is 12.7. The van der Waals surface area contributed by atoms with Crippen LogP contribution in [0.4, 0.5) is 0 Å².